The van der Waals surface area contributed by atoms with Gasteiger partial charge in [0, 0.05) is 24.4 Å². The number of anilines is 2. The molecule has 0 aliphatic carbocycles. The molecule has 102 valence electrons. The van der Waals surface area contributed by atoms with Crippen LogP contribution in [0.15, 0.2) is 0 Å². The molecule has 0 unspecified atom stereocenters. The number of nitrogen functional groups attached to an aromatic ring is 1. The molecule has 0 aliphatic rings. The molecule has 4 N–H and O–H groups in total. The number of nitrogens with two attached hydrogens (primary N) is 1. The summed E-state index contributed by atoms with van der Waals surface area (Å²) in [5.41, 5.74) is 7.73. The van der Waals surface area contributed by atoms with Crippen LogP contribution in [0.5, 0.6) is 0 Å². The maximum absolute atomic E-state index is 8.83. The highest BCUT2D eigenvalue weighted by atomic mass is 16.2. The molecule has 0 atom stereocenters. The van der Waals surface area contributed by atoms with Gasteiger partial charge >= 0.3 is 0 Å². The predicted octanol–water partition coefficient (Wildman–Crippen LogP) is 1.89. The molecule has 0 radical (unpaired) electrons. The molecule has 1 aromatic rings. The largest absolute Gasteiger partial charge is 0.396 e. The van der Waals surface area contributed by atoms with E-state index in [2.05, 4.69) is 22.2 Å². The van der Waals surface area contributed by atoms with Crippen molar-refractivity contribution in [3.8, 4) is 0 Å². The van der Waals surface area contributed by atoms with E-state index in [-0.39, 0.29) is 6.61 Å². The lowest BCUT2D eigenvalue weighted by atomic mass is 10.1. The lowest BCUT2D eigenvalue weighted by Gasteiger charge is -2.13. The Balaban J connectivity index is 2.76. The average Bonchev–Trinajstić information content (AvgIpc) is 2.32. The summed E-state index contributed by atoms with van der Waals surface area (Å²) in [5, 5.41) is 12.2. The third kappa shape index (κ3) is 4.49. The Morgan fingerprint density at radius 2 is 2.00 bits per heavy atom. The van der Waals surface area contributed by atoms with Crippen molar-refractivity contribution in [2.24, 2.45) is 0 Å². The summed E-state index contributed by atoms with van der Waals surface area (Å²) in [4.78, 5) is 8.48. The van der Waals surface area contributed by atoms with E-state index in [9.17, 15) is 0 Å². The Labute approximate surface area is 109 Å². The van der Waals surface area contributed by atoms with Crippen molar-refractivity contribution in [1.82, 2.24) is 9.97 Å². The van der Waals surface area contributed by atoms with E-state index >= 15 is 0 Å². The van der Waals surface area contributed by atoms with Gasteiger partial charge in [0.2, 0.25) is 5.95 Å². The third-order valence-electron chi connectivity index (χ3n) is 2.89. The van der Waals surface area contributed by atoms with Crippen LogP contribution in [0.4, 0.5) is 11.8 Å². The summed E-state index contributed by atoms with van der Waals surface area (Å²) < 4.78 is 0. The van der Waals surface area contributed by atoms with Crippen molar-refractivity contribution in [3.05, 3.63) is 11.3 Å². The van der Waals surface area contributed by atoms with Crippen LogP contribution in [-0.4, -0.2) is 28.2 Å². The van der Waals surface area contributed by atoms with E-state index < -0.39 is 0 Å². The fourth-order valence-corrected chi connectivity index (χ4v) is 1.86. The third-order valence-corrected chi connectivity index (χ3v) is 2.89. The zero-order valence-corrected chi connectivity index (χ0v) is 11.4. The highest BCUT2D eigenvalue weighted by Gasteiger charge is 2.09. The molecule has 0 saturated carbocycles. The monoisotopic (exact) mass is 252 g/mol. The van der Waals surface area contributed by atoms with Gasteiger partial charge in [0.15, 0.2) is 0 Å². The van der Waals surface area contributed by atoms with Gasteiger partial charge in [-0.15, -0.1) is 0 Å². The van der Waals surface area contributed by atoms with Crippen LogP contribution in [0, 0.1) is 6.92 Å². The summed E-state index contributed by atoms with van der Waals surface area (Å²) in [6.45, 7) is 5.24. The maximum Gasteiger partial charge on any atom is 0.222 e. The molecule has 0 amide bonds. The minimum absolute atomic E-state index is 0.230. The van der Waals surface area contributed by atoms with Gasteiger partial charge in [-0.3, -0.25) is 0 Å². The molecule has 0 aliphatic heterocycles. The normalized spacial score (nSPS) is 10.6. The Morgan fingerprint density at radius 1 is 1.22 bits per heavy atom. The van der Waals surface area contributed by atoms with E-state index in [1.807, 2.05) is 6.92 Å². The number of aliphatic hydroxyl groups excluding tert-OH is 1. The van der Waals surface area contributed by atoms with Crippen molar-refractivity contribution < 1.29 is 5.11 Å². The van der Waals surface area contributed by atoms with Gasteiger partial charge in [-0.05, 0) is 32.6 Å². The first-order valence-electron chi connectivity index (χ1n) is 6.66. The summed E-state index contributed by atoms with van der Waals surface area (Å²) in [6, 6.07) is 0. The van der Waals surface area contributed by atoms with E-state index in [4.69, 9.17) is 10.8 Å². The molecule has 0 fully saturated rings. The lowest BCUT2D eigenvalue weighted by Crippen LogP contribution is -2.11. The smallest absolute Gasteiger partial charge is 0.222 e. The van der Waals surface area contributed by atoms with Crippen LogP contribution >= 0.6 is 0 Å². The Kier molecular flexibility index (Phi) is 6.43. The molecule has 0 saturated heterocycles. The fourth-order valence-electron chi connectivity index (χ4n) is 1.86. The standard InChI is InChI=1S/C13H24N4O/c1-3-4-8-15-12-11(7-5-6-9-18)10(2)16-13(14)17-12/h18H,3-9H2,1-2H3,(H3,14,15,16,17). The van der Waals surface area contributed by atoms with Gasteiger partial charge in [0.25, 0.3) is 0 Å². The fraction of sp³-hybridized carbons (Fsp3) is 0.692. The second-order valence-electron chi connectivity index (χ2n) is 4.46. The van der Waals surface area contributed by atoms with E-state index in [0.717, 1.165) is 55.7 Å². The summed E-state index contributed by atoms with van der Waals surface area (Å²) in [6.07, 6.45) is 4.87. The highest BCUT2D eigenvalue weighted by Crippen LogP contribution is 2.19. The van der Waals surface area contributed by atoms with E-state index in [1.165, 1.54) is 0 Å². The van der Waals surface area contributed by atoms with Gasteiger partial charge in [0.1, 0.15) is 5.82 Å². The number of aryl methyl sites for hydroxylation is 1. The molecular formula is C13H24N4O. The van der Waals surface area contributed by atoms with Gasteiger partial charge in [-0.2, -0.15) is 4.98 Å². The van der Waals surface area contributed by atoms with Crippen LogP contribution in [0.1, 0.15) is 43.9 Å². The maximum atomic E-state index is 8.83. The molecule has 0 aromatic carbocycles. The number of aromatic nitrogens is 2. The van der Waals surface area contributed by atoms with Crippen molar-refractivity contribution in [2.75, 3.05) is 24.2 Å². The van der Waals surface area contributed by atoms with Gasteiger partial charge in [-0.1, -0.05) is 13.3 Å². The second kappa shape index (κ2) is 7.87. The second-order valence-corrected chi connectivity index (χ2v) is 4.46. The lowest BCUT2D eigenvalue weighted by molar-refractivity contribution is 0.284. The Bertz CT molecular complexity index is 368. The number of hydrogen-bond acceptors (Lipinski definition) is 5. The van der Waals surface area contributed by atoms with Crippen molar-refractivity contribution in [2.45, 2.75) is 46.0 Å². The van der Waals surface area contributed by atoms with Crippen molar-refractivity contribution in [3.63, 3.8) is 0 Å². The van der Waals surface area contributed by atoms with Gasteiger partial charge in [0.05, 0.1) is 0 Å². The molecular weight excluding hydrogens is 228 g/mol. The summed E-state index contributed by atoms with van der Waals surface area (Å²) >= 11 is 0. The molecule has 1 heterocycles. The van der Waals surface area contributed by atoms with Crippen molar-refractivity contribution in [1.29, 1.82) is 0 Å². The Hall–Kier alpha value is -1.36. The number of nitrogens with one attached hydrogen (secondary N) is 1. The van der Waals surface area contributed by atoms with Crippen molar-refractivity contribution >= 4 is 11.8 Å². The summed E-state index contributed by atoms with van der Waals surface area (Å²) in [7, 11) is 0. The predicted molar refractivity (Wildman–Crippen MR) is 74.6 cm³/mol. The molecule has 1 rings (SSSR count). The molecule has 1 aromatic heterocycles. The van der Waals surface area contributed by atoms with E-state index in [1.54, 1.807) is 0 Å². The number of rotatable bonds is 8. The van der Waals surface area contributed by atoms with Crippen LogP contribution in [-0.2, 0) is 6.42 Å². The zero-order chi connectivity index (χ0) is 13.4. The molecule has 5 heteroatoms. The topological polar surface area (TPSA) is 84.1 Å². The number of hydrogen-bond donors (Lipinski definition) is 3. The first-order valence-corrected chi connectivity index (χ1v) is 6.66. The average molecular weight is 252 g/mol. The minimum atomic E-state index is 0.230. The van der Waals surface area contributed by atoms with Crippen LogP contribution in [0.2, 0.25) is 0 Å². The zero-order valence-electron chi connectivity index (χ0n) is 11.4. The summed E-state index contributed by atoms with van der Waals surface area (Å²) in [5.74, 6) is 1.17. The molecule has 18 heavy (non-hydrogen) atoms. The van der Waals surface area contributed by atoms with Crippen LogP contribution < -0.4 is 11.1 Å². The van der Waals surface area contributed by atoms with Gasteiger partial charge in [-0.25, -0.2) is 4.98 Å². The minimum Gasteiger partial charge on any atom is -0.396 e. The number of unbranched alkanes of at least 4 members (excludes halogenated alkanes) is 2. The van der Waals surface area contributed by atoms with Gasteiger partial charge < -0.3 is 16.2 Å². The Morgan fingerprint density at radius 3 is 2.67 bits per heavy atom. The molecule has 0 spiro atoms. The quantitative estimate of drug-likeness (QED) is 0.615. The van der Waals surface area contributed by atoms with Crippen LogP contribution in [0.3, 0.4) is 0 Å². The first kappa shape index (κ1) is 14.7. The number of aliphatic hydroxyl groups is 1. The van der Waals surface area contributed by atoms with E-state index in [0.29, 0.717) is 5.95 Å². The molecule has 5 nitrogen and oxygen atoms in total. The first-order chi connectivity index (χ1) is 8.69. The SMILES string of the molecule is CCCCNc1nc(N)nc(C)c1CCCCO. The molecule has 0 bridgehead atoms. The van der Waals surface area contributed by atoms with Crippen LogP contribution in [0.25, 0.3) is 0 Å². The highest BCUT2D eigenvalue weighted by molar-refractivity contribution is 5.49. The number of nitrogens with zero attached hydrogens (tertiary/aromatic N) is 2.